The molecule has 92 valence electrons. The normalized spacial score (nSPS) is 31.6. The van der Waals surface area contributed by atoms with Gasteiger partial charge in [-0.05, 0) is 38.0 Å². The Balaban J connectivity index is 1.68. The Bertz CT molecular complexity index is 253. The third kappa shape index (κ3) is 2.95. The number of primary amides is 1. The van der Waals surface area contributed by atoms with E-state index in [1.165, 1.54) is 19.3 Å². The zero-order valence-electron chi connectivity index (χ0n) is 9.95. The lowest BCUT2D eigenvalue weighted by molar-refractivity contribution is -0.128. The first-order valence-corrected chi connectivity index (χ1v) is 6.39. The van der Waals surface area contributed by atoms with Crippen molar-refractivity contribution in [1.82, 2.24) is 5.32 Å². The quantitative estimate of drug-likeness (QED) is 0.704. The molecule has 2 fully saturated rings. The first-order valence-electron chi connectivity index (χ1n) is 6.39. The Morgan fingerprint density at radius 1 is 1.44 bits per heavy atom. The number of hydrogen-bond acceptors (Lipinski definition) is 3. The van der Waals surface area contributed by atoms with Crippen LogP contribution in [0.25, 0.3) is 0 Å². The maximum atomic E-state index is 10.9. The van der Waals surface area contributed by atoms with E-state index in [4.69, 9.17) is 10.5 Å². The predicted molar refractivity (Wildman–Crippen MR) is 61.9 cm³/mol. The van der Waals surface area contributed by atoms with Crippen LogP contribution in [0.3, 0.4) is 0 Å². The van der Waals surface area contributed by atoms with Crippen molar-refractivity contribution in [3.05, 3.63) is 0 Å². The number of nitrogens with two attached hydrogens (primary N) is 1. The van der Waals surface area contributed by atoms with Crippen molar-refractivity contribution in [3.8, 4) is 0 Å². The summed E-state index contributed by atoms with van der Waals surface area (Å²) in [5.74, 6) is 0.551. The van der Waals surface area contributed by atoms with E-state index in [9.17, 15) is 4.79 Å². The number of carbonyl (C=O) groups is 1. The summed E-state index contributed by atoms with van der Waals surface area (Å²) in [4.78, 5) is 10.9. The minimum absolute atomic E-state index is 0.172. The second kappa shape index (κ2) is 5.15. The highest BCUT2D eigenvalue weighted by atomic mass is 16.5. The van der Waals surface area contributed by atoms with Gasteiger partial charge in [-0.25, -0.2) is 0 Å². The SMILES string of the molecule is CCC(NCC1CCC(C(N)=O)O1)C1CC1. The fourth-order valence-corrected chi connectivity index (χ4v) is 2.49. The molecule has 2 aliphatic rings. The molecule has 4 nitrogen and oxygen atoms in total. The van der Waals surface area contributed by atoms with Gasteiger partial charge in [0, 0.05) is 12.6 Å². The summed E-state index contributed by atoms with van der Waals surface area (Å²) in [7, 11) is 0. The molecule has 0 spiro atoms. The summed E-state index contributed by atoms with van der Waals surface area (Å²) in [5.41, 5.74) is 5.22. The van der Waals surface area contributed by atoms with Gasteiger partial charge in [-0.2, -0.15) is 0 Å². The molecule has 1 amide bonds. The summed E-state index contributed by atoms with van der Waals surface area (Å²) in [5, 5.41) is 3.56. The van der Waals surface area contributed by atoms with Crippen LogP contribution < -0.4 is 11.1 Å². The van der Waals surface area contributed by atoms with Crippen LogP contribution in [0.1, 0.15) is 39.0 Å². The second-order valence-electron chi connectivity index (χ2n) is 4.99. The zero-order valence-corrected chi connectivity index (χ0v) is 9.95. The minimum Gasteiger partial charge on any atom is -0.367 e. The topological polar surface area (TPSA) is 64.3 Å². The van der Waals surface area contributed by atoms with Gasteiger partial charge >= 0.3 is 0 Å². The first kappa shape index (κ1) is 11.9. The number of hydrogen-bond donors (Lipinski definition) is 2. The van der Waals surface area contributed by atoms with Gasteiger partial charge in [0.1, 0.15) is 6.10 Å². The number of amides is 1. The van der Waals surface area contributed by atoms with Crippen molar-refractivity contribution in [1.29, 1.82) is 0 Å². The highest BCUT2D eigenvalue weighted by Crippen LogP contribution is 2.34. The fraction of sp³-hybridized carbons (Fsp3) is 0.917. The average Bonchev–Trinajstić information content (AvgIpc) is 2.97. The molecule has 3 atom stereocenters. The molecule has 3 unspecified atom stereocenters. The lowest BCUT2D eigenvalue weighted by atomic mass is 10.1. The van der Waals surface area contributed by atoms with E-state index in [-0.39, 0.29) is 18.1 Å². The Kier molecular flexibility index (Phi) is 3.82. The molecular weight excluding hydrogens is 204 g/mol. The molecule has 2 rings (SSSR count). The summed E-state index contributed by atoms with van der Waals surface area (Å²) < 4.78 is 5.58. The molecule has 16 heavy (non-hydrogen) atoms. The molecule has 1 saturated heterocycles. The molecule has 4 heteroatoms. The van der Waals surface area contributed by atoms with Gasteiger partial charge in [0.05, 0.1) is 6.10 Å². The maximum Gasteiger partial charge on any atom is 0.246 e. The van der Waals surface area contributed by atoms with E-state index >= 15 is 0 Å². The van der Waals surface area contributed by atoms with E-state index < -0.39 is 0 Å². The van der Waals surface area contributed by atoms with Gasteiger partial charge in [0.15, 0.2) is 0 Å². The predicted octanol–water partition coefficient (Wildman–Crippen LogP) is 0.797. The van der Waals surface area contributed by atoms with Gasteiger partial charge in [0.2, 0.25) is 5.91 Å². The third-order valence-corrected chi connectivity index (χ3v) is 3.66. The highest BCUT2D eigenvalue weighted by molar-refractivity contribution is 5.79. The van der Waals surface area contributed by atoms with Crippen molar-refractivity contribution in [2.24, 2.45) is 11.7 Å². The van der Waals surface area contributed by atoms with E-state index in [2.05, 4.69) is 12.2 Å². The maximum absolute atomic E-state index is 10.9. The Morgan fingerprint density at radius 2 is 2.19 bits per heavy atom. The largest absolute Gasteiger partial charge is 0.367 e. The lowest BCUT2D eigenvalue weighted by Crippen LogP contribution is -2.37. The van der Waals surface area contributed by atoms with Crippen LogP contribution in [0.4, 0.5) is 0 Å². The summed E-state index contributed by atoms with van der Waals surface area (Å²) in [6, 6.07) is 0.635. The van der Waals surface area contributed by atoms with Gasteiger partial charge in [-0.1, -0.05) is 6.92 Å². The third-order valence-electron chi connectivity index (χ3n) is 3.66. The molecule has 1 heterocycles. The summed E-state index contributed by atoms with van der Waals surface area (Å²) in [6.45, 7) is 3.08. The zero-order chi connectivity index (χ0) is 11.5. The molecule has 0 aromatic carbocycles. The number of ether oxygens (including phenoxy) is 1. The van der Waals surface area contributed by atoms with Crippen LogP contribution in [0, 0.1) is 5.92 Å². The van der Waals surface area contributed by atoms with E-state index in [1.807, 2.05) is 0 Å². The molecule has 0 aromatic heterocycles. The average molecular weight is 226 g/mol. The van der Waals surface area contributed by atoms with Crippen LogP contribution in [-0.2, 0) is 9.53 Å². The summed E-state index contributed by atoms with van der Waals surface area (Å²) >= 11 is 0. The van der Waals surface area contributed by atoms with Crippen LogP contribution >= 0.6 is 0 Å². The van der Waals surface area contributed by atoms with Crippen molar-refractivity contribution in [3.63, 3.8) is 0 Å². The van der Waals surface area contributed by atoms with Crippen molar-refractivity contribution < 1.29 is 9.53 Å². The molecule has 0 radical (unpaired) electrons. The molecule has 1 saturated carbocycles. The molecular formula is C12H22N2O2. The highest BCUT2D eigenvalue weighted by Gasteiger charge is 2.32. The number of carbonyl (C=O) groups excluding carboxylic acids is 1. The molecule has 0 bridgehead atoms. The number of rotatable bonds is 6. The molecule has 0 aromatic rings. The van der Waals surface area contributed by atoms with Gasteiger partial charge in [-0.15, -0.1) is 0 Å². The van der Waals surface area contributed by atoms with Crippen LogP contribution in [0.15, 0.2) is 0 Å². The smallest absolute Gasteiger partial charge is 0.246 e. The fourth-order valence-electron chi connectivity index (χ4n) is 2.49. The van der Waals surface area contributed by atoms with Crippen LogP contribution in [-0.4, -0.2) is 30.7 Å². The van der Waals surface area contributed by atoms with Crippen molar-refractivity contribution in [2.45, 2.75) is 57.3 Å². The lowest BCUT2D eigenvalue weighted by Gasteiger charge is -2.19. The van der Waals surface area contributed by atoms with Gasteiger partial charge in [-0.3, -0.25) is 4.79 Å². The van der Waals surface area contributed by atoms with Crippen molar-refractivity contribution >= 4 is 5.91 Å². The van der Waals surface area contributed by atoms with E-state index in [1.54, 1.807) is 0 Å². The second-order valence-corrected chi connectivity index (χ2v) is 4.99. The molecule has 1 aliphatic heterocycles. The van der Waals surface area contributed by atoms with Gasteiger partial charge in [0.25, 0.3) is 0 Å². The Hall–Kier alpha value is -0.610. The van der Waals surface area contributed by atoms with Gasteiger partial charge < -0.3 is 15.8 Å². The van der Waals surface area contributed by atoms with Crippen LogP contribution in [0.5, 0.6) is 0 Å². The van der Waals surface area contributed by atoms with E-state index in [0.717, 1.165) is 25.3 Å². The molecule has 1 aliphatic carbocycles. The Morgan fingerprint density at radius 3 is 2.69 bits per heavy atom. The Labute approximate surface area is 96.9 Å². The summed E-state index contributed by atoms with van der Waals surface area (Å²) in [6.07, 6.45) is 5.44. The van der Waals surface area contributed by atoms with Crippen molar-refractivity contribution in [2.75, 3.05) is 6.54 Å². The number of nitrogens with one attached hydrogen (secondary N) is 1. The first-order chi connectivity index (χ1) is 7.70. The van der Waals surface area contributed by atoms with Crippen LogP contribution in [0.2, 0.25) is 0 Å². The minimum atomic E-state index is -0.354. The van der Waals surface area contributed by atoms with E-state index in [0.29, 0.717) is 6.04 Å². The molecule has 3 N–H and O–H groups in total. The monoisotopic (exact) mass is 226 g/mol. The standard InChI is InChI=1S/C12H22N2O2/c1-2-10(8-3-4-8)14-7-9-5-6-11(16-9)12(13)15/h8-11,14H,2-7H2,1H3,(H2,13,15).